The van der Waals surface area contributed by atoms with E-state index in [0.717, 1.165) is 39.2 Å². The maximum Gasteiger partial charge on any atom is 0.300 e. The summed E-state index contributed by atoms with van der Waals surface area (Å²) in [5.41, 5.74) is 5.08. The van der Waals surface area contributed by atoms with Crippen LogP contribution in [0, 0.1) is 6.92 Å². The van der Waals surface area contributed by atoms with Gasteiger partial charge < -0.3 is 9.73 Å². The predicted molar refractivity (Wildman–Crippen MR) is 101 cm³/mol. The molecule has 0 aliphatic heterocycles. The third-order valence-electron chi connectivity index (χ3n) is 4.25. The molecule has 3 aromatic heterocycles. The fourth-order valence-corrected chi connectivity index (χ4v) is 3.01. The molecule has 0 radical (unpaired) electrons. The van der Waals surface area contributed by atoms with Crippen LogP contribution in [-0.2, 0) is 0 Å². The Morgan fingerprint density at radius 1 is 1.00 bits per heavy atom. The highest BCUT2D eigenvalue weighted by molar-refractivity contribution is 5.83. The monoisotopic (exact) mass is 341 g/mol. The average Bonchev–Trinajstić information content (AvgIpc) is 3.23. The number of benzene rings is 2. The van der Waals surface area contributed by atoms with Gasteiger partial charge in [-0.25, -0.2) is 9.67 Å². The minimum atomic E-state index is 0.445. The van der Waals surface area contributed by atoms with Crippen LogP contribution in [0.1, 0.15) is 5.69 Å². The minimum Gasteiger partial charge on any atom is -0.423 e. The Hall–Kier alpha value is -3.67. The lowest BCUT2D eigenvalue weighted by molar-refractivity contribution is 0.623. The Morgan fingerprint density at radius 2 is 1.81 bits per heavy atom. The lowest BCUT2D eigenvalue weighted by Crippen LogP contribution is -1.98. The first-order valence-electron chi connectivity index (χ1n) is 8.31. The van der Waals surface area contributed by atoms with Gasteiger partial charge in [-0.3, -0.25) is 0 Å². The van der Waals surface area contributed by atoms with E-state index in [4.69, 9.17) is 4.42 Å². The Bertz CT molecular complexity index is 1190. The maximum absolute atomic E-state index is 5.72. The van der Waals surface area contributed by atoms with Crippen molar-refractivity contribution in [2.24, 2.45) is 0 Å². The number of para-hydroxylation sites is 3. The molecule has 26 heavy (non-hydrogen) atoms. The molecule has 0 aliphatic carbocycles. The van der Waals surface area contributed by atoms with Crippen LogP contribution < -0.4 is 5.32 Å². The molecule has 0 saturated heterocycles. The second-order valence-electron chi connectivity index (χ2n) is 6.04. The van der Waals surface area contributed by atoms with Crippen LogP contribution >= 0.6 is 0 Å². The molecule has 0 unspecified atom stereocenters. The van der Waals surface area contributed by atoms with Crippen LogP contribution in [-0.4, -0.2) is 19.7 Å². The fraction of sp³-hybridized carbons (Fsp3) is 0.0500. The third kappa shape index (κ3) is 2.39. The summed E-state index contributed by atoms with van der Waals surface area (Å²) in [6, 6.07) is 20.1. The maximum atomic E-state index is 5.72. The first-order chi connectivity index (χ1) is 12.8. The summed E-state index contributed by atoms with van der Waals surface area (Å²) >= 11 is 0. The van der Waals surface area contributed by atoms with Gasteiger partial charge in [0.25, 0.3) is 6.01 Å². The van der Waals surface area contributed by atoms with Crippen molar-refractivity contribution in [1.82, 2.24) is 19.7 Å². The van der Waals surface area contributed by atoms with Gasteiger partial charge in [-0.05, 0) is 37.3 Å². The van der Waals surface area contributed by atoms with Crippen LogP contribution in [0.3, 0.4) is 0 Å². The summed E-state index contributed by atoms with van der Waals surface area (Å²) < 4.78 is 7.57. The minimum absolute atomic E-state index is 0.445. The number of aryl methyl sites for hydroxylation is 1. The summed E-state index contributed by atoms with van der Waals surface area (Å²) in [4.78, 5) is 9.03. The predicted octanol–water partition coefficient (Wildman–Crippen LogP) is 4.61. The lowest BCUT2D eigenvalue weighted by atomic mass is 10.2. The normalized spacial score (nSPS) is 11.3. The smallest absolute Gasteiger partial charge is 0.300 e. The molecule has 0 saturated carbocycles. The van der Waals surface area contributed by atoms with Crippen LogP contribution in [0.5, 0.6) is 0 Å². The number of aromatic nitrogens is 4. The highest BCUT2D eigenvalue weighted by Crippen LogP contribution is 2.26. The van der Waals surface area contributed by atoms with E-state index in [0.29, 0.717) is 6.01 Å². The molecule has 0 fully saturated rings. The molecule has 0 amide bonds. The van der Waals surface area contributed by atoms with Crippen molar-refractivity contribution in [3.63, 3.8) is 0 Å². The van der Waals surface area contributed by atoms with Crippen molar-refractivity contribution < 1.29 is 4.42 Å². The molecule has 0 spiro atoms. The van der Waals surface area contributed by atoms with Crippen molar-refractivity contribution in [2.45, 2.75) is 6.92 Å². The molecule has 126 valence electrons. The van der Waals surface area contributed by atoms with E-state index < -0.39 is 0 Å². The average molecular weight is 341 g/mol. The molecular formula is C20H15N5O. The fourth-order valence-electron chi connectivity index (χ4n) is 3.01. The molecule has 5 aromatic rings. The topological polar surface area (TPSA) is 68.8 Å². The summed E-state index contributed by atoms with van der Waals surface area (Å²) in [5.74, 6) is 0. The Balaban J connectivity index is 1.55. The van der Waals surface area contributed by atoms with Gasteiger partial charge >= 0.3 is 0 Å². The Morgan fingerprint density at radius 3 is 2.65 bits per heavy atom. The highest BCUT2D eigenvalue weighted by atomic mass is 16.4. The second-order valence-corrected chi connectivity index (χ2v) is 6.04. The molecule has 6 nitrogen and oxygen atoms in total. The molecule has 5 rings (SSSR count). The van der Waals surface area contributed by atoms with Gasteiger partial charge in [0, 0.05) is 5.39 Å². The van der Waals surface area contributed by atoms with Gasteiger partial charge in [0.1, 0.15) is 5.52 Å². The summed E-state index contributed by atoms with van der Waals surface area (Å²) in [5, 5.41) is 8.80. The number of fused-ring (bicyclic) bond motifs is 2. The largest absolute Gasteiger partial charge is 0.423 e. The van der Waals surface area contributed by atoms with Gasteiger partial charge in [0.2, 0.25) is 0 Å². The standard InChI is InChI=1S/C20H15N5O/c1-13-16-11-14(22-20-23-17-9-5-6-10-18(17)26-20)12-21-19(16)25(24-13)15-7-3-2-4-8-15/h2-12H,1H3,(H,22,23). The molecule has 0 aliphatic rings. The summed E-state index contributed by atoms with van der Waals surface area (Å²) in [6.07, 6.45) is 1.76. The first-order valence-corrected chi connectivity index (χ1v) is 8.31. The second kappa shape index (κ2) is 5.70. The van der Waals surface area contributed by atoms with Gasteiger partial charge in [-0.15, -0.1) is 0 Å². The van der Waals surface area contributed by atoms with E-state index in [9.17, 15) is 0 Å². The summed E-state index contributed by atoms with van der Waals surface area (Å²) in [7, 11) is 0. The van der Waals surface area contributed by atoms with Crippen LogP contribution in [0.2, 0.25) is 0 Å². The number of hydrogen-bond donors (Lipinski definition) is 1. The number of anilines is 2. The van der Waals surface area contributed by atoms with Crippen molar-refractivity contribution >= 4 is 33.8 Å². The van der Waals surface area contributed by atoms with Crippen molar-refractivity contribution in [3.8, 4) is 5.69 Å². The molecule has 0 atom stereocenters. The van der Waals surface area contributed by atoms with E-state index in [-0.39, 0.29) is 0 Å². The van der Waals surface area contributed by atoms with E-state index in [1.165, 1.54) is 0 Å². The lowest BCUT2D eigenvalue weighted by Gasteiger charge is -2.04. The molecule has 6 heteroatoms. The number of hydrogen-bond acceptors (Lipinski definition) is 5. The quantitative estimate of drug-likeness (QED) is 0.519. The number of pyridine rings is 1. The van der Waals surface area contributed by atoms with Crippen molar-refractivity contribution in [2.75, 3.05) is 5.32 Å². The molecule has 0 bridgehead atoms. The summed E-state index contributed by atoms with van der Waals surface area (Å²) in [6.45, 7) is 1.98. The number of nitrogens with one attached hydrogen (secondary N) is 1. The molecule has 2 aromatic carbocycles. The van der Waals surface area contributed by atoms with Crippen molar-refractivity contribution in [1.29, 1.82) is 0 Å². The Labute approximate surface area is 149 Å². The molecule has 3 heterocycles. The van der Waals surface area contributed by atoms with Gasteiger partial charge in [0.05, 0.1) is 23.3 Å². The van der Waals surface area contributed by atoms with Crippen LogP contribution in [0.15, 0.2) is 71.3 Å². The van der Waals surface area contributed by atoms with Gasteiger partial charge in [-0.1, -0.05) is 30.3 Å². The van der Waals surface area contributed by atoms with Gasteiger partial charge in [0.15, 0.2) is 11.2 Å². The highest BCUT2D eigenvalue weighted by Gasteiger charge is 2.12. The van der Waals surface area contributed by atoms with E-state index in [2.05, 4.69) is 20.4 Å². The molecular weight excluding hydrogens is 326 g/mol. The van der Waals surface area contributed by atoms with Crippen molar-refractivity contribution in [3.05, 3.63) is 72.6 Å². The third-order valence-corrected chi connectivity index (χ3v) is 4.25. The zero-order chi connectivity index (χ0) is 17.5. The van der Waals surface area contributed by atoms with E-state index in [1.807, 2.05) is 72.3 Å². The first kappa shape index (κ1) is 14.7. The van der Waals surface area contributed by atoms with E-state index in [1.54, 1.807) is 6.20 Å². The molecule has 1 N–H and O–H groups in total. The van der Waals surface area contributed by atoms with Gasteiger partial charge in [-0.2, -0.15) is 10.1 Å². The Kier molecular flexibility index (Phi) is 3.21. The van der Waals surface area contributed by atoms with Crippen LogP contribution in [0.25, 0.3) is 27.8 Å². The van der Waals surface area contributed by atoms with Crippen LogP contribution in [0.4, 0.5) is 11.7 Å². The SMILES string of the molecule is Cc1nn(-c2ccccc2)c2ncc(Nc3nc4ccccc4o3)cc12. The zero-order valence-corrected chi connectivity index (χ0v) is 14.0. The van der Waals surface area contributed by atoms with E-state index >= 15 is 0 Å². The number of nitrogens with zero attached hydrogens (tertiary/aromatic N) is 4. The number of oxazole rings is 1. The zero-order valence-electron chi connectivity index (χ0n) is 14.0. The number of rotatable bonds is 3.